The highest BCUT2D eigenvalue weighted by molar-refractivity contribution is 5.73. The van der Waals surface area contributed by atoms with Crippen LogP contribution >= 0.6 is 0 Å². The summed E-state index contributed by atoms with van der Waals surface area (Å²) in [5, 5.41) is 0. The number of carbonyl (C=O) groups excluding carboxylic acids is 2. The summed E-state index contributed by atoms with van der Waals surface area (Å²) in [4.78, 5) is 31.6. The average molecular weight is 761 g/mol. The molecule has 4 bridgehead atoms. The van der Waals surface area contributed by atoms with Crippen LogP contribution in [0.15, 0.2) is 36.4 Å². The molecular formula is C50H68N2O4. The van der Waals surface area contributed by atoms with Gasteiger partial charge in [0, 0.05) is 48.8 Å². The number of hydrogen-bond donors (Lipinski definition) is 0. The maximum absolute atomic E-state index is 13.0. The SMILES string of the molecule is O=C(CCCCCCCCC(=O)Oc1ccc2c(c1)[C@]13CCCC[C@H]1[C@H](C2)N(CC1CC1)CC3)Oc1ccc2c(c1)[C@]13CCCC[C@H]1[C@H](C2)N(CC1CC1)CC3. The van der Waals surface area contributed by atoms with E-state index in [1.165, 1.54) is 151 Å². The van der Waals surface area contributed by atoms with E-state index in [4.69, 9.17) is 9.47 Å². The van der Waals surface area contributed by atoms with Crippen molar-refractivity contribution >= 4 is 11.9 Å². The van der Waals surface area contributed by atoms with E-state index in [0.717, 1.165) is 73.7 Å². The summed E-state index contributed by atoms with van der Waals surface area (Å²) in [7, 11) is 0. The predicted octanol–water partition coefficient (Wildman–Crippen LogP) is 10.3. The summed E-state index contributed by atoms with van der Waals surface area (Å²) < 4.78 is 12.0. The molecule has 2 saturated heterocycles. The Labute approximate surface area is 336 Å². The Morgan fingerprint density at radius 3 is 1.45 bits per heavy atom. The van der Waals surface area contributed by atoms with Gasteiger partial charge in [0.05, 0.1) is 0 Å². The summed E-state index contributed by atoms with van der Waals surface area (Å²) in [6.07, 6.45) is 28.1. The van der Waals surface area contributed by atoms with Crippen molar-refractivity contribution in [3.05, 3.63) is 58.7 Å². The van der Waals surface area contributed by atoms with Gasteiger partial charge in [-0.1, -0.05) is 63.5 Å². The van der Waals surface area contributed by atoms with Crippen LogP contribution in [0.2, 0.25) is 0 Å². The van der Waals surface area contributed by atoms with Crippen LogP contribution in [0.1, 0.15) is 164 Å². The molecule has 10 rings (SSSR count). The van der Waals surface area contributed by atoms with E-state index in [0.29, 0.717) is 24.9 Å². The number of piperidine rings is 2. The Bertz CT molecular complexity index is 1640. The molecule has 4 saturated carbocycles. The van der Waals surface area contributed by atoms with Crippen molar-refractivity contribution in [3.63, 3.8) is 0 Å². The van der Waals surface area contributed by atoms with Crippen LogP contribution in [-0.2, 0) is 33.3 Å². The molecular weight excluding hydrogens is 693 g/mol. The zero-order valence-corrected chi connectivity index (χ0v) is 34.3. The monoisotopic (exact) mass is 761 g/mol. The molecule has 2 aliphatic heterocycles. The molecule has 0 amide bonds. The lowest BCUT2D eigenvalue weighted by molar-refractivity contribution is -0.135. The molecule has 0 unspecified atom stereocenters. The van der Waals surface area contributed by atoms with Crippen LogP contribution in [0.3, 0.4) is 0 Å². The van der Waals surface area contributed by atoms with Crippen molar-refractivity contribution in [3.8, 4) is 11.5 Å². The van der Waals surface area contributed by atoms with Crippen molar-refractivity contribution in [2.45, 2.75) is 177 Å². The predicted molar refractivity (Wildman–Crippen MR) is 221 cm³/mol. The van der Waals surface area contributed by atoms with E-state index in [1.54, 1.807) is 0 Å². The van der Waals surface area contributed by atoms with Crippen LogP contribution in [0, 0.1) is 23.7 Å². The van der Waals surface area contributed by atoms with Crippen molar-refractivity contribution < 1.29 is 19.1 Å². The molecule has 56 heavy (non-hydrogen) atoms. The van der Waals surface area contributed by atoms with Crippen molar-refractivity contribution in [1.82, 2.24) is 9.80 Å². The molecule has 8 aliphatic rings. The lowest BCUT2D eigenvalue weighted by Gasteiger charge is -2.59. The van der Waals surface area contributed by atoms with Crippen LogP contribution in [0.25, 0.3) is 0 Å². The van der Waals surface area contributed by atoms with E-state index < -0.39 is 0 Å². The molecule has 6 nitrogen and oxygen atoms in total. The van der Waals surface area contributed by atoms with Gasteiger partial charge in [0.1, 0.15) is 11.5 Å². The lowest BCUT2D eigenvalue weighted by Crippen LogP contribution is -2.61. The number of likely N-dealkylation sites (tertiary alicyclic amines) is 2. The van der Waals surface area contributed by atoms with Crippen LogP contribution in [0.5, 0.6) is 11.5 Å². The molecule has 0 aromatic heterocycles. The van der Waals surface area contributed by atoms with Crippen LogP contribution < -0.4 is 9.47 Å². The Hall–Kier alpha value is -2.70. The first-order valence-corrected chi connectivity index (χ1v) is 23.6. The molecule has 6 atom stereocenters. The van der Waals surface area contributed by atoms with Gasteiger partial charge < -0.3 is 9.47 Å². The van der Waals surface area contributed by atoms with E-state index in [-0.39, 0.29) is 22.8 Å². The number of fused-ring (bicyclic) bond motifs is 2. The second kappa shape index (κ2) is 15.8. The van der Waals surface area contributed by atoms with Crippen molar-refractivity contribution in [2.24, 2.45) is 23.7 Å². The highest BCUT2D eigenvalue weighted by atomic mass is 16.5. The summed E-state index contributed by atoms with van der Waals surface area (Å²) in [5.74, 6) is 4.72. The van der Waals surface area contributed by atoms with Gasteiger partial charge in [0.15, 0.2) is 0 Å². The van der Waals surface area contributed by atoms with Gasteiger partial charge in [-0.2, -0.15) is 0 Å². The van der Waals surface area contributed by atoms with E-state index in [1.807, 2.05) is 0 Å². The zero-order valence-electron chi connectivity index (χ0n) is 34.3. The van der Waals surface area contributed by atoms with Gasteiger partial charge in [-0.3, -0.25) is 19.4 Å². The molecule has 0 radical (unpaired) electrons. The fraction of sp³-hybridized carbons (Fsp3) is 0.720. The maximum atomic E-state index is 13.0. The number of unbranched alkanes of at least 4 members (excludes halogenated alkanes) is 5. The zero-order chi connectivity index (χ0) is 37.7. The maximum Gasteiger partial charge on any atom is 0.311 e. The number of ether oxygens (including phenoxy) is 2. The minimum absolute atomic E-state index is 0.0991. The van der Waals surface area contributed by atoms with Gasteiger partial charge in [-0.15, -0.1) is 0 Å². The summed E-state index contributed by atoms with van der Waals surface area (Å²) in [6.45, 7) is 5.10. The summed E-state index contributed by atoms with van der Waals surface area (Å²) in [5.41, 5.74) is 6.61. The first-order chi connectivity index (χ1) is 27.5. The van der Waals surface area contributed by atoms with E-state index in [9.17, 15) is 9.59 Å². The minimum Gasteiger partial charge on any atom is -0.427 e. The van der Waals surface area contributed by atoms with E-state index >= 15 is 0 Å². The second-order valence-corrected chi connectivity index (χ2v) is 20.1. The molecule has 6 heteroatoms. The van der Waals surface area contributed by atoms with Crippen LogP contribution in [-0.4, -0.2) is 60.0 Å². The average Bonchev–Trinajstić information content (AvgIpc) is 4.16. The second-order valence-electron chi connectivity index (χ2n) is 20.1. The van der Waals surface area contributed by atoms with Gasteiger partial charge in [0.2, 0.25) is 0 Å². The van der Waals surface area contributed by atoms with Gasteiger partial charge >= 0.3 is 11.9 Å². The summed E-state index contributed by atoms with van der Waals surface area (Å²) >= 11 is 0. The molecule has 6 fully saturated rings. The lowest BCUT2D eigenvalue weighted by atomic mass is 9.52. The topological polar surface area (TPSA) is 59.1 Å². The number of esters is 2. The van der Waals surface area contributed by atoms with Gasteiger partial charge in [-0.05, 0) is 173 Å². The van der Waals surface area contributed by atoms with Gasteiger partial charge in [-0.25, -0.2) is 0 Å². The number of benzene rings is 2. The van der Waals surface area contributed by atoms with Crippen LogP contribution in [0.4, 0.5) is 0 Å². The molecule has 0 spiro atoms. The number of rotatable bonds is 15. The third kappa shape index (κ3) is 7.42. The Morgan fingerprint density at radius 2 is 1.00 bits per heavy atom. The van der Waals surface area contributed by atoms with Crippen molar-refractivity contribution in [1.29, 1.82) is 0 Å². The standard InChI is InChI=1S/C50H68N2O4/c53-47(55-39-21-19-37-29-45-41-11-7-9-23-49(41,43(37)31-39)25-27-51(45)33-35-15-16-35)13-5-3-1-2-4-6-14-48(54)56-40-22-20-38-30-46-42-12-8-10-24-50(42,44(38)32-40)26-28-52(46)34-36-17-18-36/h19-22,31-32,35-36,41-42,45-46H,1-18,23-30,33-34H2/t41-,42-,45-,46-,49-,50-/m0/s1. The largest absolute Gasteiger partial charge is 0.427 e. The third-order valence-electron chi connectivity index (χ3n) is 16.7. The summed E-state index contributed by atoms with van der Waals surface area (Å²) in [6, 6.07) is 14.7. The van der Waals surface area contributed by atoms with Crippen molar-refractivity contribution in [2.75, 3.05) is 26.2 Å². The van der Waals surface area contributed by atoms with Gasteiger partial charge in [0.25, 0.3) is 0 Å². The number of hydrogen-bond acceptors (Lipinski definition) is 6. The Morgan fingerprint density at radius 1 is 0.554 bits per heavy atom. The minimum atomic E-state index is -0.0991. The Balaban J connectivity index is 0.650. The fourth-order valence-electron chi connectivity index (χ4n) is 13.6. The smallest absolute Gasteiger partial charge is 0.311 e. The quantitative estimate of drug-likeness (QED) is 0.102. The van der Waals surface area contributed by atoms with E-state index in [2.05, 4.69) is 46.2 Å². The molecule has 6 aliphatic carbocycles. The first kappa shape index (κ1) is 37.6. The normalized spacial score (nSPS) is 32.1. The molecule has 302 valence electrons. The molecule has 0 N–H and O–H groups in total. The number of nitrogens with zero attached hydrogens (tertiary/aromatic N) is 2. The molecule has 2 aromatic rings. The first-order valence-electron chi connectivity index (χ1n) is 23.6. The highest BCUT2D eigenvalue weighted by Gasteiger charge is 2.55. The Kier molecular flexibility index (Phi) is 10.6. The molecule has 2 heterocycles. The fourth-order valence-corrected chi connectivity index (χ4v) is 13.6. The molecule has 2 aromatic carbocycles. The number of carbonyl (C=O) groups is 2. The third-order valence-corrected chi connectivity index (χ3v) is 16.7. The highest BCUT2D eigenvalue weighted by Crippen LogP contribution is 2.58.